The molecule has 2 aliphatic rings. The van der Waals surface area contributed by atoms with Crippen LogP contribution in [0.2, 0.25) is 0 Å². The van der Waals surface area contributed by atoms with Gasteiger partial charge in [0.25, 0.3) is 0 Å². The summed E-state index contributed by atoms with van der Waals surface area (Å²) in [6.07, 6.45) is 1.82. The average Bonchev–Trinajstić information content (AvgIpc) is 3.41. The molecule has 2 atom stereocenters. The van der Waals surface area contributed by atoms with Gasteiger partial charge in [-0.1, -0.05) is 6.07 Å². The van der Waals surface area contributed by atoms with Gasteiger partial charge in [-0.15, -0.1) is 0 Å². The number of hydrogen-bond acceptors (Lipinski definition) is 7. The molecule has 2 aromatic heterocycles. The molecular weight excluding hydrogens is 427 g/mol. The van der Waals surface area contributed by atoms with Gasteiger partial charge in [0.15, 0.2) is 0 Å². The van der Waals surface area contributed by atoms with E-state index in [0.717, 1.165) is 28.8 Å². The van der Waals surface area contributed by atoms with Gasteiger partial charge in [-0.2, -0.15) is 0 Å². The lowest BCUT2D eigenvalue weighted by Crippen LogP contribution is -2.32. The van der Waals surface area contributed by atoms with Crippen molar-refractivity contribution in [2.24, 2.45) is 0 Å². The first kappa shape index (κ1) is 21.4. The standard InChI is InChI=1S/C24H25FN4O4/c1-14-3-4-16(9-18(14)25)29-12-17(33-24(29)30)10-26-8-7-15-13-32-20-11-27-19-5-6-21(31-2)28-23(19)22(15)20/h3-6,9,11,15,17,26H,7-8,10,12-13H2,1-2H3/t15?,17-/m1/s1. The van der Waals surface area contributed by atoms with E-state index in [1.807, 2.05) is 6.07 Å². The lowest BCUT2D eigenvalue weighted by Gasteiger charge is -2.14. The number of ether oxygens (including phenoxy) is 3. The summed E-state index contributed by atoms with van der Waals surface area (Å²) < 4.78 is 30.5. The highest BCUT2D eigenvalue weighted by Gasteiger charge is 2.33. The van der Waals surface area contributed by atoms with Crippen molar-refractivity contribution in [3.63, 3.8) is 0 Å². The summed E-state index contributed by atoms with van der Waals surface area (Å²) in [5.74, 6) is 1.15. The zero-order valence-electron chi connectivity index (χ0n) is 18.5. The Balaban J connectivity index is 1.18. The van der Waals surface area contributed by atoms with Crippen molar-refractivity contribution in [3.8, 4) is 11.6 Å². The predicted octanol–water partition coefficient (Wildman–Crippen LogP) is 3.57. The van der Waals surface area contributed by atoms with E-state index in [9.17, 15) is 9.18 Å². The monoisotopic (exact) mass is 452 g/mol. The highest BCUT2D eigenvalue weighted by Crippen LogP contribution is 2.39. The number of benzene rings is 1. The molecule has 0 aliphatic carbocycles. The SMILES string of the molecule is COc1ccc2ncc3c(c2n1)C(CCNC[C@@H]1CN(c2ccc(C)c(F)c2)C(=O)O1)CO3. The first-order valence-electron chi connectivity index (χ1n) is 10.9. The van der Waals surface area contributed by atoms with Gasteiger partial charge in [0.05, 0.1) is 37.7 Å². The van der Waals surface area contributed by atoms with Crippen LogP contribution in [-0.4, -0.2) is 55.5 Å². The number of hydrogen-bond donors (Lipinski definition) is 1. The van der Waals surface area contributed by atoms with Crippen LogP contribution in [-0.2, 0) is 4.74 Å². The highest BCUT2D eigenvalue weighted by atomic mass is 19.1. The number of halogens is 1. The normalized spacial score (nSPS) is 19.5. The molecule has 0 spiro atoms. The maximum atomic E-state index is 13.9. The number of rotatable bonds is 7. The van der Waals surface area contributed by atoms with Gasteiger partial charge in [-0.05, 0) is 43.7 Å². The maximum Gasteiger partial charge on any atom is 0.414 e. The van der Waals surface area contributed by atoms with Crippen molar-refractivity contribution < 1.29 is 23.4 Å². The lowest BCUT2D eigenvalue weighted by molar-refractivity contribution is 0.140. The second-order valence-corrected chi connectivity index (χ2v) is 8.31. The van der Waals surface area contributed by atoms with Crippen LogP contribution in [0.1, 0.15) is 23.5 Å². The van der Waals surface area contributed by atoms with E-state index in [4.69, 9.17) is 14.2 Å². The van der Waals surface area contributed by atoms with E-state index in [-0.39, 0.29) is 17.8 Å². The molecule has 0 radical (unpaired) electrons. The summed E-state index contributed by atoms with van der Waals surface area (Å²) in [6, 6.07) is 8.45. The Bertz CT molecular complexity index is 1200. The van der Waals surface area contributed by atoms with Gasteiger partial charge in [0.1, 0.15) is 23.2 Å². The summed E-state index contributed by atoms with van der Waals surface area (Å²) in [7, 11) is 1.59. The van der Waals surface area contributed by atoms with Crippen LogP contribution in [0.3, 0.4) is 0 Å². The predicted molar refractivity (Wildman–Crippen MR) is 121 cm³/mol. The number of methoxy groups -OCH3 is 1. The summed E-state index contributed by atoms with van der Waals surface area (Å²) in [4.78, 5) is 22.7. The smallest absolute Gasteiger partial charge is 0.414 e. The van der Waals surface area contributed by atoms with E-state index in [1.54, 1.807) is 38.4 Å². The number of carbonyl (C=O) groups excluding carboxylic acids is 1. The van der Waals surface area contributed by atoms with Gasteiger partial charge >= 0.3 is 6.09 Å². The van der Waals surface area contributed by atoms with Crippen LogP contribution in [0.5, 0.6) is 11.6 Å². The van der Waals surface area contributed by atoms with Crippen LogP contribution in [0.25, 0.3) is 11.0 Å². The number of amides is 1. The number of anilines is 1. The third-order valence-electron chi connectivity index (χ3n) is 6.13. The Hall–Kier alpha value is -3.46. The number of aryl methyl sites for hydroxylation is 1. The van der Waals surface area contributed by atoms with E-state index in [0.29, 0.717) is 43.4 Å². The van der Waals surface area contributed by atoms with Crippen LogP contribution < -0.4 is 19.7 Å². The van der Waals surface area contributed by atoms with Crippen LogP contribution >= 0.6 is 0 Å². The van der Waals surface area contributed by atoms with Crippen LogP contribution in [0, 0.1) is 12.7 Å². The molecule has 1 unspecified atom stereocenters. The Morgan fingerprint density at radius 2 is 2.18 bits per heavy atom. The molecule has 1 fully saturated rings. The number of carbonyl (C=O) groups is 1. The fraction of sp³-hybridized carbons (Fsp3) is 0.375. The Kier molecular flexibility index (Phi) is 5.72. The number of fused-ring (bicyclic) bond motifs is 3. The van der Waals surface area contributed by atoms with Crippen molar-refractivity contribution >= 4 is 22.8 Å². The Morgan fingerprint density at radius 1 is 1.30 bits per heavy atom. The number of nitrogens with zero attached hydrogens (tertiary/aromatic N) is 3. The maximum absolute atomic E-state index is 13.9. The summed E-state index contributed by atoms with van der Waals surface area (Å²) >= 11 is 0. The average molecular weight is 452 g/mol. The molecule has 1 amide bonds. The minimum Gasteiger partial charge on any atom is -0.491 e. The van der Waals surface area contributed by atoms with Gasteiger partial charge in [-0.25, -0.2) is 14.2 Å². The molecule has 1 saturated heterocycles. The van der Waals surface area contributed by atoms with E-state index in [1.165, 1.54) is 11.0 Å². The van der Waals surface area contributed by atoms with E-state index in [2.05, 4.69) is 15.3 Å². The van der Waals surface area contributed by atoms with Crippen LogP contribution in [0.15, 0.2) is 36.5 Å². The Morgan fingerprint density at radius 3 is 3.00 bits per heavy atom. The molecule has 172 valence electrons. The molecule has 1 N–H and O–H groups in total. The summed E-state index contributed by atoms with van der Waals surface area (Å²) in [5.41, 5.74) is 3.72. The second kappa shape index (κ2) is 8.82. The lowest BCUT2D eigenvalue weighted by atomic mass is 9.97. The number of aromatic nitrogens is 2. The molecule has 1 aromatic carbocycles. The number of pyridine rings is 2. The van der Waals surface area contributed by atoms with Gasteiger partial charge in [0.2, 0.25) is 5.88 Å². The first-order valence-corrected chi connectivity index (χ1v) is 10.9. The van der Waals surface area contributed by atoms with Crippen molar-refractivity contribution in [2.45, 2.75) is 25.4 Å². The Labute approximate surface area is 190 Å². The summed E-state index contributed by atoms with van der Waals surface area (Å²) in [5, 5.41) is 3.37. The topological polar surface area (TPSA) is 85.8 Å². The van der Waals surface area contributed by atoms with Gasteiger partial charge in [-0.3, -0.25) is 9.88 Å². The first-order chi connectivity index (χ1) is 16.0. The fourth-order valence-corrected chi connectivity index (χ4v) is 4.30. The van der Waals surface area contributed by atoms with E-state index >= 15 is 0 Å². The van der Waals surface area contributed by atoms with Crippen molar-refractivity contribution in [2.75, 3.05) is 38.3 Å². The van der Waals surface area contributed by atoms with Crippen molar-refractivity contribution in [1.29, 1.82) is 0 Å². The molecule has 4 heterocycles. The third kappa shape index (κ3) is 4.16. The molecule has 5 rings (SSSR count). The number of nitrogens with one attached hydrogen (secondary N) is 1. The van der Waals surface area contributed by atoms with Gasteiger partial charge in [0, 0.05) is 24.1 Å². The number of cyclic esters (lactones) is 1. The molecule has 2 aliphatic heterocycles. The highest BCUT2D eigenvalue weighted by molar-refractivity contribution is 5.89. The summed E-state index contributed by atoms with van der Waals surface area (Å²) in [6.45, 7) is 3.87. The molecule has 8 nitrogen and oxygen atoms in total. The largest absolute Gasteiger partial charge is 0.491 e. The third-order valence-corrected chi connectivity index (χ3v) is 6.13. The quantitative estimate of drug-likeness (QED) is 0.549. The minimum atomic E-state index is -0.456. The van der Waals surface area contributed by atoms with Crippen molar-refractivity contribution in [1.82, 2.24) is 15.3 Å². The molecule has 0 saturated carbocycles. The molecule has 9 heteroatoms. The molecule has 3 aromatic rings. The zero-order valence-corrected chi connectivity index (χ0v) is 18.5. The van der Waals surface area contributed by atoms with Crippen molar-refractivity contribution in [3.05, 3.63) is 53.5 Å². The van der Waals surface area contributed by atoms with Crippen LogP contribution in [0.4, 0.5) is 14.9 Å². The van der Waals surface area contributed by atoms with Gasteiger partial charge < -0.3 is 19.5 Å². The molecule has 33 heavy (non-hydrogen) atoms. The molecular formula is C24H25FN4O4. The minimum absolute atomic E-state index is 0.177. The zero-order chi connectivity index (χ0) is 22.9. The molecule has 0 bridgehead atoms. The van der Waals surface area contributed by atoms with E-state index < -0.39 is 6.09 Å². The second-order valence-electron chi connectivity index (χ2n) is 8.31. The fourth-order valence-electron chi connectivity index (χ4n) is 4.30.